The molecule has 0 spiro atoms. The number of carbonyl (C=O) groups excluding carboxylic acids is 1. The first-order chi connectivity index (χ1) is 14.9. The summed E-state index contributed by atoms with van der Waals surface area (Å²) in [5.41, 5.74) is 2.36. The van der Waals surface area contributed by atoms with Crippen molar-refractivity contribution >= 4 is 60.9 Å². The summed E-state index contributed by atoms with van der Waals surface area (Å²) in [5, 5.41) is 5.31. The Bertz CT molecular complexity index is 1060. The number of nitrogens with zero attached hydrogens (tertiary/aromatic N) is 5. The number of aryl methyl sites for hydroxylation is 1. The Morgan fingerprint density at radius 3 is 2.72 bits per heavy atom. The molecule has 0 unspecified atom stereocenters. The summed E-state index contributed by atoms with van der Waals surface area (Å²) in [6.07, 6.45) is 0.870. The minimum Gasteiger partial charge on any atom is -0.379 e. The first kappa shape index (κ1) is 25.1. The molecule has 0 saturated carbocycles. The van der Waals surface area contributed by atoms with Crippen LogP contribution >= 0.6 is 39.7 Å². The quantitative estimate of drug-likeness (QED) is 0.423. The Balaban J connectivity index is 0.00000289. The van der Waals surface area contributed by atoms with Crippen LogP contribution in [0.3, 0.4) is 0 Å². The highest BCUT2D eigenvalue weighted by Crippen LogP contribution is 2.32. The van der Waals surface area contributed by atoms with Gasteiger partial charge in [-0.3, -0.25) is 19.3 Å². The van der Waals surface area contributed by atoms with Gasteiger partial charge in [-0.25, -0.2) is 4.98 Å². The molecule has 0 radical (unpaired) electrons. The number of hydrogen-bond donors (Lipinski definition) is 0. The number of anilines is 1. The van der Waals surface area contributed by atoms with E-state index in [2.05, 4.69) is 39.8 Å². The Kier molecular flexibility index (Phi) is 8.68. The highest BCUT2D eigenvalue weighted by Gasteiger charge is 2.25. The molecule has 0 bridgehead atoms. The van der Waals surface area contributed by atoms with Gasteiger partial charge in [0.05, 0.1) is 23.4 Å². The number of hydrogen-bond acceptors (Lipinski definition) is 6. The highest BCUT2D eigenvalue weighted by molar-refractivity contribution is 9.10. The lowest BCUT2D eigenvalue weighted by Gasteiger charge is -2.27. The van der Waals surface area contributed by atoms with Crippen LogP contribution in [0.5, 0.6) is 0 Å². The van der Waals surface area contributed by atoms with Gasteiger partial charge in [0.2, 0.25) is 0 Å². The molecule has 1 aliphatic heterocycles. The number of halogens is 2. The maximum atomic E-state index is 13.5. The summed E-state index contributed by atoms with van der Waals surface area (Å²) in [4.78, 5) is 22.5. The number of ether oxygens (including phenoxy) is 1. The molecule has 10 heteroatoms. The molecule has 0 N–H and O–H groups in total. The largest absolute Gasteiger partial charge is 0.379 e. The summed E-state index contributed by atoms with van der Waals surface area (Å²) in [7, 11) is 0. The molecule has 2 aromatic heterocycles. The molecule has 3 aromatic rings. The molecule has 1 aromatic carbocycles. The number of carbonyl (C=O) groups is 1. The van der Waals surface area contributed by atoms with Crippen LogP contribution in [0.1, 0.15) is 42.5 Å². The molecule has 3 heterocycles. The first-order valence-electron chi connectivity index (χ1n) is 10.7. The van der Waals surface area contributed by atoms with Gasteiger partial charge < -0.3 is 4.74 Å². The standard InChI is InChI=1S/C22H28BrN5O2S.ClH/c1-15(2)28-16(3)13-19(25-28)21(29)27(8-4-7-26-9-11-30-12-10-26)22-24-18-6-5-17(23)14-20(18)31-22;/h5-6,13-15H,4,7-12H2,1-3H3;1H. The minimum atomic E-state index is -0.0948. The van der Waals surface area contributed by atoms with Gasteiger partial charge >= 0.3 is 0 Å². The van der Waals surface area contributed by atoms with Crippen LogP contribution in [0.25, 0.3) is 10.2 Å². The third kappa shape index (κ3) is 5.69. The van der Waals surface area contributed by atoms with Crippen molar-refractivity contribution in [2.75, 3.05) is 44.3 Å². The number of fused-ring (bicyclic) bond motifs is 1. The molecule has 1 amide bonds. The van der Waals surface area contributed by atoms with Crippen molar-refractivity contribution in [3.63, 3.8) is 0 Å². The minimum absolute atomic E-state index is 0. The zero-order chi connectivity index (χ0) is 22.0. The van der Waals surface area contributed by atoms with Crippen LogP contribution in [0.2, 0.25) is 0 Å². The molecule has 0 atom stereocenters. The fourth-order valence-corrected chi connectivity index (χ4v) is 5.36. The van der Waals surface area contributed by atoms with Crippen molar-refractivity contribution in [3.8, 4) is 0 Å². The molecule has 4 rings (SSSR count). The van der Waals surface area contributed by atoms with E-state index in [0.29, 0.717) is 12.2 Å². The predicted molar refractivity (Wildman–Crippen MR) is 135 cm³/mol. The van der Waals surface area contributed by atoms with Gasteiger partial charge in [-0.15, -0.1) is 12.4 Å². The number of morpholine rings is 1. The zero-order valence-electron chi connectivity index (χ0n) is 18.6. The first-order valence-corrected chi connectivity index (χ1v) is 12.3. The van der Waals surface area contributed by atoms with Gasteiger partial charge in [0.15, 0.2) is 10.8 Å². The average molecular weight is 543 g/mol. The lowest BCUT2D eigenvalue weighted by molar-refractivity contribution is 0.0376. The van der Waals surface area contributed by atoms with Gasteiger partial charge in [-0.1, -0.05) is 27.3 Å². The van der Waals surface area contributed by atoms with E-state index in [1.807, 2.05) is 35.9 Å². The summed E-state index contributed by atoms with van der Waals surface area (Å²) in [6, 6.07) is 8.08. The third-order valence-corrected chi connectivity index (χ3v) is 6.94. The van der Waals surface area contributed by atoms with Crippen molar-refractivity contribution in [1.29, 1.82) is 0 Å². The number of aromatic nitrogens is 3. The topological polar surface area (TPSA) is 63.5 Å². The Morgan fingerprint density at radius 2 is 2.03 bits per heavy atom. The van der Waals surface area contributed by atoms with Crippen molar-refractivity contribution in [2.24, 2.45) is 0 Å². The summed E-state index contributed by atoms with van der Waals surface area (Å²) >= 11 is 5.07. The molecule has 32 heavy (non-hydrogen) atoms. The van der Waals surface area contributed by atoms with E-state index in [9.17, 15) is 4.79 Å². The molecule has 1 aliphatic rings. The number of rotatable bonds is 7. The molecular weight excluding hydrogens is 514 g/mol. The summed E-state index contributed by atoms with van der Waals surface area (Å²) in [6.45, 7) is 11.1. The van der Waals surface area contributed by atoms with Crippen LogP contribution in [-0.4, -0.2) is 65.0 Å². The maximum absolute atomic E-state index is 13.5. The van der Waals surface area contributed by atoms with Gasteiger partial charge in [0, 0.05) is 42.4 Å². The number of thiazole rings is 1. The van der Waals surface area contributed by atoms with Gasteiger partial charge in [0.25, 0.3) is 5.91 Å². The smallest absolute Gasteiger partial charge is 0.280 e. The number of amides is 1. The van der Waals surface area contributed by atoms with E-state index in [0.717, 1.165) is 64.8 Å². The second-order valence-corrected chi connectivity index (χ2v) is 10.0. The SMILES string of the molecule is Cc1cc(C(=O)N(CCCN2CCOCC2)c2nc3ccc(Br)cc3s2)nn1C(C)C.Cl. The maximum Gasteiger partial charge on any atom is 0.280 e. The molecule has 7 nitrogen and oxygen atoms in total. The summed E-state index contributed by atoms with van der Waals surface area (Å²) < 4.78 is 9.40. The third-order valence-electron chi connectivity index (χ3n) is 5.41. The normalized spacial score (nSPS) is 14.7. The highest BCUT2D eigenvalue weighted by atomic mass is 79.9. The van der Waals surface area contributed by atoms with E-state index in [1.165, 1.54) is 0 Å². The molecular formula is C22H29BrClN5O2S. The zero-order valence-corrected chi connectivity index (χ0v) is 21.8. The van der Waals surface area contributed by atoms with Crippen molar-refractivity contribution in [3.05, 3.63) is 40.1 Å². The fourth-order valence-electron chi connectivity index (χ4n) is 3.82. The van der Waals surface area contributed by atoms with Crippen LogP contribution in [-0.2, 0) is 4.74 Å². The molecule has 0 aliphatic carbocycles. The van der Waals surface area contributed by atoms with E-state index < -0.39 is 0 Å². The number of benzene rings is 1. The van der Waals surface area contributed by atoms with Gasteiger partial charge in [0.1, 0.15) is 0 Å². The van der Waals surface area contributed by atoms with Crippen LogP contribution in [0.15, 0.2) is 28.7 Å². The Labute approximate surface area is 207 Å². The van der Waals surface area contributed by atoms with Crippen molar-refractivity contribution in [1.82, 2.24) is 19.7 Å². The average Bonchev–Trinajstić information content (AvgIpc) is 3.34. The predicted octanol–water partition coefficient (Wildman–Crippen LogP) is 4.94. The van der Waals surface area contributed by atoms with Gasteiger partial charge in [-0.2, -0.15) is 5.10 Å². The van der Waals surface area contributed by atoms with Crippen molar-refractivity contribution in [2.45, 2.75) is 33.2 Å². The molecule has 1 saturated heterocycles. The van der Waals surface area contributed by atoms with Crippen LogP contribution in [0.4, 0.5) is 5.13 Å². The fraction of sp³-hybridized carbons (Fsp3) is 0.500. The van der Waals surface area contributed by atoms with E-state index >= 15 is 0 Å². The second-order valence-electron chi connectivity index (χ2n) is 8.08. The lowest BCUT2D eigenvalue weighted by atomic mass is 10.3. The Morgan fingerprint density at radius 1 is 1.28 bits per heavy atom. The van der Waals surface area contributed by atoms with E-state index in [4.69, 9.17) is 9.72 Å². The summed E-state index contributed by atoms with van der Waals surface area (Å²) in [5.74, 6) is -0.0948. The molecule has 1 fully saturated rings. The van der Waals surface area contributed by atoms with Crippen LogP contribution < -0.4 is 4.90 Å². The Hall–Kier alpha value is -1.52. The van der Waals surface area contributed by atoms with Gasteiger partial charge in [-0.05, 0) is 51.5 Å². The van der Waals surface area contributed by atoms with Crippen LogP contribution in [0, 0.1) is 6.92 Å². The van der Waals surface area contributed by atoms with E-state index in [-0.39, 0.29) is 24.4 Å². The van der Waals surface area contributed by atoms with Crippen molar-refractivity contribution < 1.29 is 9.53 Å². The monoisotopic (exact) mass is 541 g/mol. The second kappa shape index (κ2) is 11.1. The lowest BCUT2D eigenvalue weighted by Crippen LogP contribution is -2.39. The molecule has 174 valence electrons. The van der Waals surface area contributed by atoms with E-state index in [1.54, 1.807) is 16.2 Å².